The van der Waals surface area contributed by atoms with Crippen LogP contribution in [0, 0.1) is 0 Å². The van der Waals surface area contributed by atoms with Gasteiger partial charge in [-0.2, -0.15) is 0 Å². The average molecular weight is 326 g/mol. The Morgan fingerprint density at radius 2 is 1.96 bits per heavy atom. The van der Waals surface area contributed by atoms with Crippen molar-refractivity contribution in [2.45, 2.75) is 52.5 Å². The van der Waals surface area contributed by atoms with Crippen molar-refractivity contribution < 1.29 is 9.53 Å². The third-order valence-electron chi connectivity index (χ3n) is 3.93. The van der Waals surface area contributed by atoms with Gasteiger partial charge in [0, 0.05) is 31.4 Å². The topological polar surface area (TPSA) is 70.8 Å². The van der Waals surface area contributed by atoms with Gasteiger partial charge in [0.05, 0.1) is 19.9 Å². The van der Waals surface area contributed by atoms with Crippen molar-refractivity contribution in [3.05, 3.63) is 11.9 Å². The van der Waals surface area contributed by atoms with E-state index < -0.39 is 0 Å². The summed E-state index contributed by atoms with van der Waals surface area (Å²) < 4.78 is 5.01. The van der Waals surface area contributed by atoms with Crippen molar-refractivity contribution >= 4 is 5.91 Å². The summed E-state index contributed by atoms with van der Waals surface area (Å²) in [6, 6.07) is 0. The lowest BCUT2D eigenvalue weighted by atomic mass is 10.1. The third-order valence-corrected chi connectivity index (χ3v) is 3.93. The van der Waals surface area contributed by atoms with Crippen LogP contribution in [-0.4, -0.2) is 60.8 Å². The zero-order chi connectivity index (χ0) is 17.3. The van der Waals surface area contributed by atoms with Gasteiger partial charge >= 0.3 is 0 Å². The standard InChI is InChI=1S/C13H25N3O.C4H9NO/c1-5-6-7-8-15-10-16(13(2,3)4)9-11(15)12(14)17;1-3-6-4-2-5-1/h9H,5-8,10H2,1-4H3,(H2,14,17);5H,1-4H2. The number of unbranched alkanes of at least 4 members (excludes halogenated alkanes) is 2. The zero-order valence-corrected chi connectivity index (χ0v) is 15.2. The molecule has 1 saturated heterocycles. The predicted octanol–water partition coefficient (Wildman–Crippen LogP) is 1.48. The van der Waals surface area contributed by atoms with Gasteiger partial charge in [0.1, 0.15) is 5.70 Å². The lowest BCUT2D eigenvalue weighted by Crippen LogP contribution is -2.40. The molecule has 0 aromatic carbocycles. The molecule has 23 heavy (non-hydrogen) atoms. The number of primary amides is 1. The van der Waals surface area contributed by atoms with E-state index in [0.717, 1.165) is 45.9 Å². The lowest BCUT2D eigenvalue weighted by Gasteiger charge is -2.33. The van der Waals surface area contributed by atoms with Crippen LogP contribution in [0.2, 0.25) is 0 Å². The van der Waals surface area contributed by atoms with Gasteiger partial charge in [-0.05, 0) is 27.2 Å². The number of nitrogens with one attached hydrogen (secondary N) is 1. The number of carbonyl (C=O) groups excluding carboxylic acids is 1. The number of hydrogen-bond acceptors (Lipinski definition) is 5. The number of hydrogen-bond donors (Lipinski definition) is 2. The van der Waals surface area contributed by atoms with Crippen molar-refractivity contribution in [1.82, 2.24) is 15.1 Å². The van der Waals surface area contributed by atoms with Crippen LogP contribution >= 0.6 is 0 Å². The van der Waals surface area contributed by atoms with Crippen LogP contribution in [0.5, 0.6) is 0 Å². The fourth-order valence-corrected chi connectivity index (χ4v) is 2.41. The highest BCUT2D eigenvalue weighted by Crippen LogP contribution is 2.24. The van der Waals surface area contributed by atoms with Gasteiger partial charge in [0.15, 0.2) is 0 Å². The third kappa shape index (κ3) is 7.22. The van der Waals surface area contributed by atoms with Crippen LogP contribution in [0.1, 0.15) is 47.0 Å². The molecule has 0 aliphatic carbocycles. The SMILES string of the molecule is C1COCCN1.CCCCCN1CN(C(C)(C)C)C=C1C(N)=O. The summed E-state index contributed by atoms with van der Waals surface area (Å²) in [5.41, 5.74) is 6.10. The Kier molecular flexibility index (Phi) is 8.41. The van der Waals surface area contributed by atoms with E-state index in [0.29, 0.717) is 5.70 Å². The molecule has 1 fully saturated rings. The first-order valence-corrected chi connectivity index (χ1v) is 8.68. The average Bonchev–Trinajstić information content (AvgIpc) is 2.95. The molecule has 0 radical (unpaired) electrons. The van der Waals surface area contributed by atoms with Crippen molar-refractivity contribution in [2.75, 3.05) is 39.5 Å². The van der Waals surface area contributed by atoms with E-state index in [9.17, 15) is 4.79 Å². The Morgan fingerprint density at radius 3 is 2.35 bits per heavy atom. The van der Waals surface area contributed by atoms with E-state index in [1.54, 1.807) is 0 Å². The molecule has 2 heterocycles. The van der Waals surface area contributed by atoms with Crippen LogP contribution in [0.4, 0.5) is 0 Å². The minimum atomic E-state index is -0.326. The van der Waals surface area contributed by atoms with Gasteiger partial charge in [0.25, 0.3) is 5.91 Å². The molecule has 6 nitrogen and oxygen atoms in total. The maximum absolute atomic E-state index is 11.4. The minimum Gasteiger partial charge on any atom is -0.379 e. The zero-order valence-electron chi connectivity index (χ0n) is 15.2. The Bertz CT molecular complexity index is 375. The van der Waals surface area contributed by atoms with Crippen molar-refractivity contribution in [1.29, 1.82) is 0 Å². The van der Waals surface area contributed by atoms with Gasteiger partial charge in [0.2, 0.25) is 0 Å². The molecule has 2 rings (SSSR count). The summed E-state index contributed by atoms with van der Waals surface area (Å²) in [6.07, 6.45) is 5.39. The monoisotopic (exact) mass is 326 g/mol. The van der Waals surface area contributed by atoms with Crippen LogP contribution in [0.3, 0.4) is 0 Å². The van der Waals surface area contributed by atoms with E-state index in [1.807, 2.05) is 6.20 Å². The number of carbonyl (C=O) groups is 1. The fraction of sp³-hybridized carbons (Fsp3) is 0.824. The number of ether oxygens (including phenoxy) is 1. The summed E-state index contributed by atoms with van der Waals surface area (Å²) in [6.45, 7) is 14.1. The maximum Gasteiger partial charge on any atom is 0.266 e. The summed E-state index contributed by atoms with van der Waals surface area (Å²) in [7, 11) is 0. The summed E-state index contributed by atoms with van der Waals surface area (Å²) in [5, 5.41) is 3.16. The first-order chi connectivity index (χ1) is 10.9. The van der Waals surface area contributed by atoms with E-state index in [-0.39, 0.29) is 11.4 Å². The molecule has 134 valence electrons. The summed E-state index contributed by atoms with van der Waals surface area (Å²) >= 11 is 0. The van der Waals surface area contributed by atoms with Crippen molar-refractivity contribution in [3.8, 4) is 0 Å². The Labute approximate surface area is 141 Å². The van der Waals surface area contributed by atoms with Crippen molar-refractivity contribution in [3.63, 3.8) is 0 Å². The Balaban J connectivity index is 0.000000366. The molecule has 0 bridgehead atoms. The molecule has 1 amide bonds. The number of rotatable bonds is 5. The molecule has 0 atom stereocenters. The van der Waals surface area contributed by atoms with E-state index in [1.165, 1.54) is 12.8 Å². The van der Waals surface area contributed by atoms with Crippen LogP contribution in [-0.2, 0) is 9.53 Å². The fourth-order valence-electron chi connectivity index (χ4n) is 2.41. The molecule has 0 unspecified atom stereocenters. The molecule has 6 heteroatoms. The number of morpholine rings is 1. The number of nitrogens with two attached hydrogens (primary N) is 1. The summed E-state index contributed by atoms with van der Waals surface area (Å²) in [5.74, 6) is -0.326. The quantitative estimate of drug-likeness (QED) is 0.749. The summed E-state index contributed by atoms with van der Waals surface area (Å²) in [4.78, 5) is 15.7. The molecule has 0 aromatic rings. The van der Waals surface area contributed by atoms with Crippen LogP contribution in [0.25, 0.3) is 0 Å². The molecule has 2 aliphatic rings. The number of amides is 1. The maximum atomic E-state index is 11.4. The lowest BCUT2D eigenvalue weighted by molar-refractivity contribution is -0.115. The largest absolute Gasteiger partial charge is 0.379 e. The number of nitrogens with zero attached hydrogens (tertiary/aromatic N) is 2. The smallest absolute Gasteiger partial charge is 0.266 e. The molecule has 2 aliphatic heterocycles. The second-order valence-corrected chi connectivity index (χ2v) is 6.99. The van der Waals surface area contributed by atoms with Crippen LogP contribution in [0.15, 0.2) is 11.9 Å². The molecule has 0 aromatic heterocycles. The Morgan fingerprint density at radius 1 is 1.30 bits per heavy atom. The highest BCUT2D eigenvalue weighted by atomic mass is 16.5. The van der Waals surface area contributed by atoms with Gasteiger partial charge in [-0.25, -0.2) is 0 Å². The van der Waals surface area contributed by atoms with Gasteiger partial charge in [-0.15, -0.1) is 0 Å². The highest BCUT2D eigenvalue weighted by Gasteiger charge is 2.30. The normalized spacial score (nSPS) is 18.3. The molecule has 3 N–H and O–H groups in total. The van der Waals surface area contributed by atoms with Crippen molar-refractivity contribution in [2.24, 2.45) is 5.73 Å². The Hall–Kier alpha value is -1.27. The second kappa shape index (κ2) is 9.78. The van der Waals surface area contributed by atoms with E-state index >= 15 is 0 Å². The molecular weight excluding hydrogens is 292 g/mol. The molecular formula is C17H34N4O2. The van der Waals surface area contributed by atoms with E-state index in [4.69, 9.17) is 10.5 Å². The van der Waals surface area contributed by atoms with Gasteiger partial charge in [-0.1, -0.05) is 19.8 Å². The van der Waals surface area contributed by atoms with E-state index in [2.05, 4.69) is 42.8 Å². The highest BCUT2D eigenvalue weighted by molar-refractivity contribution is 5.91. The van der Waals surface area contributed by atoms with Gasteiger partial charge in [-0.3, -0.25) is 4.79 Å². The first-order valence-electron chi connectivity index (χ1n) is 8.68. The van der Waals surface area contributed by atoms with Gasteiger partial charge < -0.3 is 25.6 Å². The minimum absolute atomic E-state index is 0.0280. The van der Waals surface area contributed by atoms with Crippen LogP contribution < -0.4 is 11.1 Å². The predicted molar refractivity (Wildman–Crippen MR) is 93.7 cm³/mol. The first kappa shape index (κ1) is 19.8. The molecule has 0 saturated carbocycles. The second-order valence-electron chi connectivity index (χ2n) is 6.99. The molecule has 0 spiro atoms.